The van der Waals surface area contributed by atoms with Gasteiger partial charge in [0.15, 0.2) is 0 Å². The Morgan fingerprint density at radius 3 is 1.28 bits per heavy atom. The van der Waals surface area contributed by atoms with Gasteiger partial charge in [-0.05, 0) is 119 Å². The number of fused-ring (bicyclic) bond motifs is 4. The molecule has 11 aromatic rings. The summed E-state index contributed by atoms with van der Waals surface area (Å²) in [5, 5.41) is 9.95. The van der Waals surface area contributed by atoms with Crippen LogP contribution in [0.4, 0.5) is 17.1 Å². The molecule has 11 rings (SSSR count). The van der Waals surface area contributed by atoms with Crippen molar-refractivity contribution in [1.82, 2.24) is 0 Å². The molecule has 0 N–H and O–H groups in total. The topological polar surface area (TPSA) is 3.24 Å². The van der Waals surface area contributed by atoms with Crippen LogP contribution in [0.25, 0.3) is 88.6 Å². The van der Waals surface area contributed by atoms with Crippen LogP contribution in [0.3, 0.4) is 0 Å². The van der Waals surface area contributed by atoms with Gasteiger partial charge in [0, 0.05) is 16.8 Å². The summed E-state index contributed by atoms with van der Waals surface area (Å²) >= 11 is 0. The predicted molar refractivity (Wildman–Crippen MR) is 263 cm³/mol. The molecule has 0 unspecified atom stereocenters. The maximum absolute atomic E-state index is 2.37. The fourth-order valence-corrected chi connectivity index (χ4v) is 9.04. The largest absolute Gasteiger partial charge is 0.310 e. The maximum atomic E-state index is 2.37. The quantitative estimate of drug-likeness (QED) is 0.110. The second-order valence-electron chi connectivity index (χ2n) is 15.7. The molecule has 61 heavy (non-hydrogen) atoms. The van der Waals surface area contributed by atoms with Crippen LogP contribution >= 0.6 is 0 Å². The van der Waals surface area contributed by atoms with Gasteiger partial charge in [0.25, 0.3) is 0 Å². The van der Waals surface area contributed by atoms with Gasteiger partial charge in [-0.3, -0.25) is 0 Å². The van der Waals surface area contributed by atoms with E-state index in [9.17, 15) is 0 Å². The zero-order valence-corrected chi connectivity index (χ0v) is 33.6. The van der Waals surface area contributed by atoms with E-state index in [2.05, 4.69) is 254 Å². The number of anilines is 3. The van der Waals surface area contributed by atoms with Gasteiger partial charge >= 0.3 is 0 Å². The number of hydrogen-bond acceptors (Lipinski definition) is 1. The maximum Gasteiger partial charge on any atom is 0.0540 e. The lowest BCUT2D eigenvalue weighted by atomic mass is 9.86. The van der Waals surface area contributed by atoms with E-state index in [1.54, 1.807) is 0 Å². The second-order valence-corrected chi connectivity index (χ2v) is 15.7. The van der Waals surface area contributed by atoms with E-state index in [0.29, 0.717) is 0 Å². The second kappa shape index (κ2) is 15.6. The lowest BCUT2D eigenvalue weighted by Crippen LogP contribution is -2.10. The Hall–Kier alpha value is -8.00. The number of hydrogen-bond donors (Lipinski definition) is 0. The molecule has 0 aliphatic heterocycles. The molecule has 0 saturated carbocycles. The van der Waals surface area contributed by atoms with Crippen LogP contribution in [0.2, 0.25) is 0 Å². The smallest absolute Gasteiger partial charge is 0.0540 e. The van der Waals surface area contributed by atoms with Crippen molar-refractivity contribution < 1.29 is 0 Å². The summed E-state index contributed by atoms with van der Waals surface area (Å²) in [6, 6.07) is 85.8. The minimum Gasteiger partial charge on any atom is -0.310 e. The number of nitrogens with zero attached hydrogens (tertiary/aromatic N) is 1. The Kier molecular flexibility index (Phi) is 9.26. The van der Waals surface area contributed by atoms with Crippen molar-refractivity contribution in [3.63, 3.8) is 0 Å². The Bertz CT molecular complexity index is 3320. The highest BCUT2D eigenvalue weighted by molar-refractivity contribution is 6.21. The lowest BCUT2D eigenvalue weighted by Gasteiger charge is -2.27. The van der Waals surface area contributed by atoms with Crippen molar-refractivity contribution in [3.8, 4) is 33.4 Å². The Balaban J connectivity index is 0.926. The third-order valence-electron chi connectivity index (χ3n) is 12.0. The molecule has 0 heterocycles. The van der Waals surface area contributed by atoms with Crippen molar-refractivity contribution in [1.29, 1.82) is 0 Å². The van der Waals surface area contributed by atoms with E-state index in [4.69, 9.17) is 0 Å². The summed E-state index contributed by atoms with van der Waals surface area (Å²) < 4.78 is 0. The zero-order chi connectivity index (χ0) is 40.5. The Morgan fingerprint density at radius 2 is 0.689 bits per heavy atom. The molecule has 11 aromatic carbocycles. The van der Waals surface area contributed by atoms with Gasteiger partial charge in [0.05, 0.1) is 5.69 Å². The minimum absolute atomic E-state index is 1.11. The van der Waals surface area contributed by atoms with E-state index < -0.39 is 0 Å². The number of benzene rings is 11. The minimum atomic E-state index is 1.11. The van der Waals surface area contributed by atoms with Crippen molar-refractivity contribution >= 4 is 72.3 Å². The Morgan fingerprint density at radius 1 is 0.262 bits per heavy atom. The third-order valence-corrected chi connectivity index (χ3v) is 12.0. The van der Waals surface area contributed by atoms with Crippen LogP contribution in [0, 0.1) is 0 Å². The molecule has 0 radical (unpaired) electrons. The zero-order valence-electron chi connectivity index (χ0n) is 33.6. The molecule has 1 nitrogen and oxygen atoms in total. The summed E-state index contributed by atoms with van der Waals surface area (Å²) in [5.74, 6) is 0. The molecule has 1 heteroatoms. The normalized spacial score (nSPS) is 11.5. The average molecular weight is 776 g/mol. The van der Waals surface area contributed by atoms with Crippen molar-refractivity contribution in [2.75, 3.05) is 4.90 Å². The van der Waals surface area contributed by atoms with Crippen LogP contribution < -0.4 is 4.90 Å². The standard InChI is InChI=1S/C60H41N/c1-2-17-51(18-3-1)61(58-24-12-16-46-14-6-7-19-53(46)58)52-39-37-48(38-40-52)60-56-22-10-8-20-54(56)59(55-21-9-11-23-57(55)60)47-33-29-43(30-34-47)26-25-42-27-31-45(32-28-42)50-36-35-44-13-4-5-15-49(44)41-50/h1-41H/b26-25+. The molecule has 286 valence electrons. The molecular weight excluding hydrogens is 735 g/mol. The first-order chi connectivity index (χ1) is 30.2. The molecule has 0 aliphatic rings. The molecule has 0 fully saturated rings. The first kappa shape index (κ1) is 36.1. The summed E-state index contributed by atoms with van der Waals surface area (Å²) in [7, 11) is 0. The number of para-hydroxylation sites is 1. The van der Waals surface area contributed by atoms with Gasteiger partial charge in [-0.15, -0.1) is 0 Å². The van der Waals surface area contributed by atoms with E-state index >= 15 is 0 Å². The highest BCUT2D eigenvalue weighted by Gasteiger charge is 2.19. The van der Waals surface area contributed by atoms with Crippen LogP contribution in [-0.2, 0) is 0 Å². The van der Waals surface area contributed by atoms with E-state index in [1.165, 1.54) is 87.6 Å². The van der Waals surface area contributed by atoms with Gasteiger partial charge in [0.2, 0.25) is 0 Å². The van der Waals surface area contributed by atoms with Crippen molar-refractivity contribution in [3.05, 3.63) is 248 Å². The third kappa shape index (κ3) is 6.83. The predicted octanol–water partition coefficient (Wildman–Crippen LogP) is 16.9. The van der Waals surface area contributed by atoms with Gasteiger partial charge in [0.1, 0.15) is 0 Å². The molecule has 0 saturated heterocycles. The highest BCUT2D eigenvalue weighted by Crippen LogP contribution is 2.45. The molecule has 0 aliphatic carbocycles. The van der Waals surface area contributed by atoms with E-state index in [1.807, 2.05) is 0 Å². The molecule has 0 amide bonds. The van der Waals surface area contributed by atoms with E-state index in [0.717, 1.165) is 17.1 Å². The first-order valence-corrected chi connectivity index (χ1v) is 21.0. The fraction of sp³-hybridized carbons (Fsp3) is 0. The van der Waals surface area contributed by atoms with Gasteiger partial charge in [-0.2, -0.15) is 0 Å². The SMILES string of the molecule is C(=C\c1ccc(-c2c3ccccc3c(-c3ccc(N(c4ccccc4)c4cccc5ccccc45)cc3)c3ccccc23)cc1)/c1ccc(-c2ccc3ccccc3c2)cc1. The fourth-order valence-electron chi connectivity index (χ4n) is 9.04. The molecule has 0 bridgehead atoms. The van der Waals surface area contributed by atoms with Crippen LogP contribution in [0.1, 0.15) is 11.1 Å². The Labute approximate surface area is 356 Å². The van der Waals surface area contributed by atoms with Gasteiger partial charge in [-0.25, -0.2) is 0 Å². The summed E-state index contributed by atoms with van der Waals surface area (Å²) in [5.41, 5.74) is 13.1. The highest BCUT2D eigenvalue weighted by atomic mass is 15.1. The van der Waals surface area contributed by atoms with Crippen molar-refractivity contribution in [2.45, 2.75) is 0 Å². The molecule has 0 atom stereocenters. The van der Waals surface area contributed by atoms with Gasteiger partial charge < -0.3 is 4.90 Å². The number of rotatable bonds is 8. The first-order valence-electron chi connectivity index (χ1n) is 21.0. The summed E-state index contributed by atoms with van der Waals surface area (Å²) in [4.78, 5) is 2.37. The lowest BCUT2D eigenvalue weighted by molar-refractivity contribution is 1.30. The summed E-state index contributed by atoms with van der Waals surface area (Å²) in [6.45, 7) is 0. The van der Waals surface area contributed by atoms with Crippen LogP contribution in [-0.4, -0.2) is 0 Å². The van der Waals surface area contributed by atoms with E-state index in [-0.39, 0.29) is 0 Å². The molecule has 0 aromatic heterocycles. The monoisotopic (exact) mass is 775 g/mol. The summed E-state index contributed by atoms with van der Waals surface area (Å²) in [6.07, 6.45) is 4.40. The van der Waals surface area contributed by atoms with Crippen molar-refractivity contribution in [2.24, 2.45) is 0 Å². The molecule has 0 spiro atoms. The van der Waals surface area contributed by atoms with Crippen LogP contribution in [0.5, 0.6) is 0 Å². The van der Waals surface area contributed by atoms with Gasteiger partial charge in [-0.1, -0.05) is 212 Å². The average Bonchev–Trinajstić information content (AvgIpc) is 3.33. The van der Waals surface area contributed by atoms with Crippen LogP contribution in [0.15, 0.2) is 237 Å². The molecular formula is C60H41N.